The van der Waals surface area contributed by atoms with E-state index in [2.05, 4.69) is 126 Å². The highest BCUT2D eigenvalue weighted by Crippen LogP contribution is 2.65. The highest BCUT2D eigenvalue weighted by atomic mass is 15.3. The standard InChI is InChI=1S/C43H48N2/c1-2-39-44-37-21-9-10-22-38(37)45(39)32-25-23-29(24-26-32)35-27-36(28-13-5-3-6-14-28)42-33-19-11-17-30-18-12-20-34(40(30)33)43(42)41(35)31-15-7-4-8-16-31/h3-11,13-15,19,21-23,25-26,29-31,33-36,39-41,44H,2,12,16-18,20,24,27H2,1H3. The quantitative estimate of drug-likeness (QED) is 0.348. The number of nitrogens with zero attached hydrogens (tertiary/aromatic N) is 1. The molecule has 7 aliphatic rings. The highest BCUT2D eigenvalue weighted by Gasteiger charge is 2.55. The van der Waals surface area contributed by atoms with Crippen molar-refractivity contribution in [2.75, 3.05) is 10.2 Å². The Morgan fingerprint density at radius 1 is 0.822 bits per heavy atom. The number of fused-ring (bicyclic) bond motifs is 3. The first-order chi connectivity index (χ1) is 22.3. The monoisotopic (exact) mass is 592 g/mol. The summed E-state index contributed by atoms with van der Waals surface area (Å²) in [5, 5.41) is 3.78. The molecule has 2 nitrogen and oxygen atoms in total. The molecule has 230 valence electrons. The first kappa shape index (κ1) is 27.8. The molecule has 1 N–H and O–H groups in total. The first-order valence-corrected chi connectivity index (χ1v) is 18.1. The van der Waals surface area contributed by atoms with Gasteiger partial charge in [0.25, 0.3) is 0 Å². The predicted molar refractivity (Wildman–Crippen MR) is 188 cm³/mol. The SMILES string of the molecule is CCC1Nc2ccccc2N1C1=CCC(C2CC(c3ccccc3)C3=C(C4CCCC5CC=CC3C54)C2C2C=CC=CC2)C=C1. The molecule has 45 heavy (non-hydrogen) atoms. The molecule has 9 rings (SSSR count). The molecule has 0 radical (unpaired) electrons. The Bertz CT molecular complexity index is 1620. The molecule has 0 amide bonds. The van der Waals surface area contributed by atoms with E-state index >= 15 is 0 Å². The number of allylic oxidation sites excluding steroid dienone is 11. The molecule has 0 aromatic heterocycles. The van der Waals surface area contributed by atoms with Gasteiger partial charge >= 0.3 is 0 Å². The van der Waals surface area contributed by atoms with Crippen molar-refractivity contribution >= 4 is 11.4 Å². The molecule has 2 aromatic rings. The topological polar surface area (TPSA) is 15.3 Å². The third-order valence-electron chi connectivity index (χ3n) is 12.9. The van der Waals surface area contributed by atoms with Gasteiger partial charge in [0.15, 0.2) is 0 Å². The summed E-state index contributed by atoms with van der Waals surface area (Å²) in [4.78, 5) is 2.55. The molecule has 1 aliphatic heterocycles. The number of hydrogen-bond acceptors (Lipinski definition) is 2. The van der Waals surface area contributed by atoms with Crippen molar-refractivity contribution < 1.29 is 0 Å². The number of benzene rings is 2. The van der Waals surface area contributed by atoms with Crippen LogP contribution in [0.4, 0.5) is 11.4 Å². The van der Waals surface area contributed by atoms with Crippen molar-refractivity contribution in [1.82, 2.24) is 0 Å². The smallest absolute Gasteiger partial charge is 0.104 e. The molecule has 0 saturated heterocycles. The molecule has 1 saturated carbocycles. The van der Waals surface area contributed by atoms with Crippen LogP contribution in [0.3, 0.4) is 0 Å². The second kappa shape index (κ2) is 11.4. The van der Waals surface area contributed by atoms with Crippen LogP contribution < -0.4 is 10.2 Å². The molecule has 0 spiro atoms. The van der Waals surface area contributed by atoms with Gasteiger partial charge in [-0.15, -0.1) is 0 Å². The second-order valence-electron chi connectivity index (χ2n) is 14.9. The van der Waals surface area contributed by atoms with E-state index in [0.717, 1.165) is 30.6 Å². The lowest BCUT2D eigenvalue weighted by atomic mass is 9.57. The first-order valence-electron chi connectivity index (χ1n) is 18.1. The third-order valence-corrected chi connectivity index (χ3v) is 12.9. The normalized spacial score (nSPS) is 37.6. The zero-order valence-corrected chi connectivity index (χ0v) is 26.8. The number of hydrogen-bond donors (Lipinski definition) is 1. The van der Waals surface area contributed by atoms with Gasteiger partial charge in [0.1, 0.15) is 6.17 Å². The van der Waals surface area contributed by atoms with Crippen molar-refractivity contribution in [2.45, 2.75) is 70.4 Å². The van der Waals surface area contributed by atoms with E-state index in [1.54, 1.807) is 5.56 Å². The summed E-state index contributed by atoms with van der Waals surface area (Å²) in [7, 11) is 0. The van der Waals surface area contributed by atoms with Gasteiger partial charge in [-0.2, -0.15) is 0 Å². The van der Waals surface area contributed by atoms with E-state index in [9.17, 15) is 0 Å². The minimum atomic E-state index is 0.320. The van der Waals surface area contributed by atoms with E-state index in [0.29, 0.717) is 41.7 Å². The summed E-state index contributed by atoms with van der Waals surface area (Å²) in [6, 6.07) is 20.5. The van der Waals surface area contributed by atoms with E-state index in [1.165, 1.54) is 55.6 Å². The number of rotatable bonds is 5. The van der Waals surface area contributed by atoms with Gasteiger partial charge in [0.2, 0.25) is 0 Å². The second-order valence-corrected chi connectivity index (χ2v) is 14.9. The fourth-order valence-corrected chi connectivity index (χ4v) is 11.2. The maximum atomic E-state index is 3.78. The Morgan fingerprint density at radius 3 is 2.53 bits per heavy atom. The molecule has 2 aromatic carbocycles. The van der Waals surface area contributed by atoms with Gasteiger partial charge < -0.3 is 10.2 Å². The van der Waals surface area contributed by atoms with Crippen molar-refractivity contribution in [3.63, 3.8) is 0 Å². The van der Waals surface area contributed by atoms with Crippen molar-refractivity contribution in [2.24, 2.45) is 47.3 Å². The van der Waals surface area contributed by atoms with Gasteiger partial charge in [0, 0.05) is 17.5 Å². The van der Waals surface area contributed by atoms with E-state index in [1.807, 2.05) is 11.1 Å². The molecular formula is C43H48N2. The largest absolute Gasteiger partial charge is 0.363 e. The average Bonchev–Trinajstić information content (AvgIpc) is 3.66. The summed E-state index contributed by atoms with van der Waals surface area (Å²) in [6.45, 7) is 2.30. The molecule has 0 bridgehead atoms. The maximum Gasteiger partial charge on any atom is 0.104 e. The molecule has 1 heterocycles. The van der Waals surface area contributed by atoms with Crippen LogP contribution in [0.1, 0.15) is 69.8 Å². The van der Waals surface area contributed by atoms with Crippen LogP contribution in [0.2, 0.25) is 0 Å². The van der Waals surface area contributed by atoms with E-state index in [4.69, 9.17) is 0 Å². The number of anilines is 2. The summed E-state index contributed by atoms with van der Waals surface area (Å²) in [5.74, 6) is 6.18. The lowest BCUT2D eigenvalue weighted by molar-refractivity contribution is 0.140. The van der Waals surface area contributed by atoms with Gasteiger partial charge in [-0.1, -0.05) is 116 Å². The van der Waals surface area contributed by atoms with Crippen LogP contribution >= 0.6 is 0 Å². The Morgan fingerprint density at radius 2 is 1.71 bits per heavy atom. The lowest BCUT2D eigenvalue weighted by Crippen LogP contribution is -2.38. The zero-order chi connectivity index (χ0) is 29.9. The Kier molecular flexibility index (Phi) is 7.02. The summed E-state index contributed by atoms with van der Waals surface area (Å²) in [5.41, 5.74) is 9.31. The van der Waals surface area contributed by atoms with Crippen LogP contribution in [0, 0.1) is 47.3 Å². The van der Waals surface area contributed by atoms with Gasteiger partial charge in [0.05, 0.1) is 11.4 Å². The zero-order valence-electron chi connectivity index (χ0n) is 26.8. The Hall–Kier alpha value is -3.52. The Balaban J connectivity index is 1.12. The average molecular weight is 593 g/mol. The minimum absolute atomic E-state index is 0.320. The third kappa shape index (κ3) is 4.49. The number of para-hydroxylation sites is 2. The van der Waals surface area contributed by atoms with Crippen LogP contribution in [0.5, 0.6) is 0 Å². The van der Waals surface area contributed by atoms with Crippen LogP contribution in [-0.4, -0.2) is 6.17 Å². The van der Waals surface area contributed by atoms with Crippen LogP contribution in [0.25, 0.3) is 0 Å². The molecule has 2 heteroatoms. The van der Waals surface area contributed by atoms with Gasteiger partial charge in [-0.25, -0.2) is 0 Å². The van der Waals surface area contributed by atoms with Crippen molar-refractivity contribution in [3.8, 4) is 0 Å². The molecule has 10 atom stereocenters. The van der Waals surface area contributed by atoms with Crippen molar-refractivity contribution in [3.05, 3.63) is 132 Å². The van der Waals surface area contributed by atoms with Crippen LogP contribution in [0.15, 0.2) is 126 Å². The fraction of sp³-hybridized carbons (Fsp3) is 0.442. The Labute approximate surface area is 270 Å². The van der Waals surface area contributed by atoms with Gasteiger partial charge in [-0.3, -0.25) is 0 Å². The molecule has 6 aliphatic carbocycles. The summed E-state index contributed by atoms with van der Waals surface area (Å²) >= 11 is 0. The van der Waals surface area contributed by atoms with E-state index in [-0.39, 0.29) is 0 Å². The number of nitrogens with one attached hydrogen (secondary N) is 1. The minimum Gasteiger partial charge on any atom is -0.363 e. The molecular weight excluding hydrogens is 544 g/mol. The lowest BCUT2D eigenvalue weighted by Gasteiger charge is -2.47. The van der Waals surface area contributed by atoms with E-state index < -0.39 is 0 Å². The highest BCUT2D eigenvalue weighted by molar-refractivity contribution is 5.79. The van der Waals surface area contributed by atoms with Crippen molar-refractivity contribution in [1.29, 1.82) is 0 Å². The van der Waals surface area contributed by atoms with Crippen LogP contribution in [-0.2, 0) is 0 Å². The van der Waals surface area contributed by atoms with Gasteiger partial charge in [-0.05, 0) is 110 Å². The molecule has 10 unspecified atom stereocenters. The molecule has 1 fully saturated rings. The fourth-order valence-electron chi connectivity index (χ4n) is 11.2. The summed E-state index contributed by atoms with van der Waals surface area (Å²) in [6.07, 6.45) is 33.2. The maximum absolute atomic E-state index is 3.78. The predicted octanol–water partition coefficient (Wildman–Crippen LogP) is 10.6. The summed E-state index contributed by atoms with van der Waals surface area (Å²) < 4.78 is 0.